The zero-order chi connectivity index (χ0) is 17.4. The Morgan fingerprint density at radius 1 is 1.00 bits per heavy atom. The molecule has 2 amide bonds. The highest BCUT2D eigenvalue weighted by atomic mass is 16.2. The molecule has 0 aliphatic rings. The SMILES string of the molecule is CC(=O)N(CCC(=O)NCc1ccccc1)C(C)c1ccccc1. The molecule has 126 valence electrons. The highest BCUT2D eigenvalue weighted by Crippen LogP contribution is 2.20. The van der Waals surface area contributed by atoms with E-state index in [0.717, 1.165) is 11.1 Å². The normalized spacial score (nSPS) is 11.6. The van der Waals surface area contributed by atoms with Gasteiger partial charge >= 0.3 is 0 Å². The van der Waals surface area contributed by atoms with Crippen molar-refractivity contribution in [2.75, 3.05) is 6.54 Å². The average molecular weight is 324 g/mol. The van der Waals surface area contributed by atoms with Crippen molar-refractivity contribution >= 4 is 11.8 Å². The summed E-state index contributed by atoms with van der Waals surface area (Å²) in [7, 11) is 0. The van der Waals surface area contributed by atoms with E-state index in [9.17, 15) is 9.59 Å². The minimum Gasteiger partial charge on any atom is -0.352 e. The molecule has 0 fully saturated rings. The van der Waals surface area contributed by atoms with E-state index in [0.29, 0.717) is 19.5 Å². The van der Waals surface area contributed by atoms with Crippen LogP contribution in [0.3, 0.4) is 0 Å². The number of rotatable bonds is 7. The largest absolute Gasteiger partial charge is 0.352 e. The van der Waals surface area contributed by atoms with Gasteiger partial charge < -0.3 is 10.2 Å². The molecule has 0 heterocycles. The predicted octanol–water partition coefficient (Wildman–Crippen LogP) is 3.30. The first kappa shape index (κ1) is 17.7. The highest BCUT2D eigenvalue weighted by Gasteiger charge is 2.19. The van der Waals surface area contributed by atoms with Crippen molar-refractivity contribution in [3.8, 4) is 0 Å². The van der Waals surface area contributed by atoms with Crippen LogP contribution in [0, 0.1) is 0 Å². The van der Waals surface area contributed by atoms with Crippen LogP contribution in [-0.2, 0) is 16.1 Å². The standard InChI is InChI=1S/C20H24N2O2/c1-16(19-11-7-4-8-12-19)22(17(2)23)14-13-20(24)21-15-18-9-5-3-6-10-18/h3-12,16H,13-15H2,1-2H3,(H,21,24). The van der Waals surface area contributed by atoms with Crippen molar-refractivity contribution in [3.63, 3.8) is 0 Å². The Kier molecular flexibility index (Phi) is 6.55. The van der Waals surface area contributed by atoms with E-state index in [1.165, 1.54) is 0 Å². The Bertz CT molecular complexity index is 656. The van der Waals surface area contributed by atoms with Crippen molar-refractivity contribution in [2.24, 2.45) is 0 Å². The number of benzene rings is 2. The van der Waals surface area contributed by atoms with Crippen LogP contribution < -0.4 is 5.32 Å². The lowest BCUT2D eigenvalue weighted by atomic mass is 10.1. The van der Waals surface area contributed by atoms with Crippen LogP contribution in [0.15, 0.2) is 60.7 Å². The van der Waals surface area contributed by atoms with Gasteiger partial charge in [-0.15, -0.1) is 0 Å². The highest BCUT2D eigenvalue weighted by molar-refractivity contribution is 5.78. The second-order valence-electron chi connectivity index (χ2n) is 5.81. The van der Waals surface area contributed by atoms with Crippen molar-refractivity contribution in [1.29, 1.82) is 0 Å². The third-order valence-electron chi connectivity index (χ3n) is 4.07. The number of amides is 2. The Hall–Kier alpha value is -2.62. The molecule has 0 radical (unpaired) electrons. The summed E-state index contributed by atoms with van der Waals surface area (Å²) in [4.78, 5) is 25.7. The van der Waals surface area contributed by atoms with E-state index in [1.54, 1.807) is 11.8 Å². The molecule has 0 spiro atoms. The molecule has 0 saturated heterocycles. The van der Waals surface area contributed by atoms with Gasteiger partial charge in [-0.05, 0) is 18.1 Å². The maximum atomic E-state index is 12.1. The van der Waals surface area contributed by atoms with Gasteiger partial charge in [0.25, 0.3) is 0 Å². The number of hydrogen-bond donors (Lipinski definition) is 1. The smallest absolute Gasteiger partial charge is 0.222 e. The fourth-order valence-corrected chi connectivity index (χ4v) is 2.64. The number of hydrogen-bond acceptors (Lipinski definition) is 2. The minimum atomic E-state index is -0.0506. The predicted molar refractivity (Wildman–Crippen MR) is 95.1 cm³/mol. The van der Waals surface area contributed by atoms with Crippen LogP contribution in [0.25, 0.3) is 0 Å². The lowest BCUT2D eigenvalue weighted by molar-refractivity contribution is -0.131. The molecular formula is C20H24N2O2. The molecule has 2 aromatic carbocycles. The average Bonchev–Trinajstić information content (AvgIpc) is 2.61. The molecule has 1 atom stereocenters. The summed E-state index contributed by atoms with van der Waals surface area (Å²) in [6.07, 6.45) is 0.295. The molecule has 2 rings (SSSR count). The zero-order valence-electron chi connectivity index (χ0n) is 14.2. The van der Waals surface area contributed by atoms with Gasteiger partial charge in [-0.25, -0.2) is 0 Å². The Morgan fingerprint density at radius 3 is 2.17 bits per heavy atom. The second kappa shape index (κ2) is 8.87. The van der Waals surface area contributed by atoms with Crippen LogP contribution >= 0.6 is 0 Å². The van der Waals surface area contributed by atoms with Gasteiger partial charge in [-0.1, -0.05) is 60.7 Å². The summed E-state index contributed by atoms with van der Waals surface area (Å²) >= 11 is 0. The van der Waals surface area contributed by atoms with Gasteiger partial charge in [0, 0.05) is 26.4 Å². The molecule has 0 aromatic heterocycles. The monoisotopic (exact) mass is 324 g/mol. The van der Waals surface area contributed by atoms with Gasteiger partial charge in [0.05, 0.1) is 6.04 Å². The first-order valence-electron chi connectivity index (χ1n) is 8.20. The zero-order valence-corrected chi connectivity index (χ0v) is 14.2. The van der Waals surface area contributed by atoms with Gasteiger partial charge in [0.15, 0.2) is 0 Å². The molecule has 0 bridgehead atoms. The number of nitrogens with zero attached hydrogens (tertiary/aromatic N) is 1. The van der Waals surface area contributed by atoms with Crippen LogP contribution in [0.4, 0.5) is 0 Å². The number of carbonyl (C=O) groups is 2. The van der Waals surface area contributed by atoms with Crippen LogP contribution in [-0.4, -0.2) is 23.3 Å². The number of nitrogens with one attached hydrogen (secondary N) is 1. The van der Waals surface area contributed by atoms with Gasteiger partial charge in [0.1, 0.15) is 0 Å². The van der Waals surface area contributed by atoms with E-state index >= 15 is 0 Å². The Labute approximate surface area is 143 Å². The third-order valence-corrected chi connectivity index (χ3v) is 4.07. The van der Waals surface area contributed by atoms with Crippen molar-refractivity contribution in [1.82, 2.24) is 10.2 Å². The lowest BCUT2D eigenvalue weighted by Gasteiger charge is -2.28. The second-order valence-corrected chi connectivity index (χ2v) is 5.81. The lowest BCUT2D eigenvalue weighted by Crippen LogP contribution is -2.35. The minimum absolute atomic E-state index is 0.0257. The fraction of sp³-hybridized carbons (Fsp3) is 0.300. The number of carbonyl (C=O) groups excluding carboxylic acids is 2. The first-order valence-corrected chi connectivity index (χ1v) is 8.20. The maximum Gasteiger partial charge on any atom is 0.222 e. The van der Waals surface area contributed by atoms with Gasteiger partial charge in [0.2, 0.25) is 11.8 Å². The first-order chi connectivity index (χ1) is 11.6. The summed E-state index contributed by atoms with van der Waals surface area (Å²) in [5, 5.41) is 2.90. The summed E-state index contributed by atoms with van der Waals surface area (Å²) in [6.45, 7) is 4.44. The third kappa shape index (κ3) is 5.23. The molecule has 24 heavy (non-hydrogen) atoms. The van der Waals surface area contributed by atoms with E-state index < -0.39 is 0 Å². The molecule has 1 unspecified atom stereocenters. The Balaban J connectivity index is 1.87. The van der Waals surface area contributed by atoms with E-state index in [4.69, 9.17) is 0 Å². The van der Waals surface area contributed by atoms with Gasteiger partial charge in [-0.3, -0.25) is 9.59 Å². The molecule has 0 saturated carbocycles. The van der Waals surface area contributed by atoms with Crippen LogP contribution in [0.1, 0.15) is 37.4 Å². The Morgan fingerprint density at radius 2 is 1.58 bits per heavy atom. The van der Waals surface area contributed by atoms with Crippen LogP contribution in [0.2, 0.25) is 0 Å². The van der Waals surface area contributed by atoms with E-state index in [1.807, 2.05) is 67.6 Å². The molecule has 4 heteroatoms. The summed E-state index contributed by atoms with van der Waals surface area (Å²) in [5.41, 5.74) is 2.13. The molecule has 0 aliphatic carbocycles. The summed E-state index contributed by atoms with van der Waals surface area (Å²) < 4.78 is 0. The quantitative estimate of drug-likeness (QED) is 0.849. The molecule has 4 nitrogen and oxygen atoms in total. The van der Waals surface area contributed by atoms with Crippen molar-refractivity contribution in [3.05, 3.63) is 71.8 Å². The summed E-state index contributed by atoms with van der Waals surface area (Å²) in [6, 6.07) is 19.6. The molecule has 2 aromatic rings. The summed E-state index contributed by atoms with van der Waals surface area (Å²) in [5.74, 6) is -0.0763. The topological polar surface area (TPSA) is 49.4 Å². The van der Waals surface area contributed by atoms with Crippen molar-refractivity contribution < 1.29 is 9.59 Å². The molecular weight excluding hydrogens is 300 g/mol. The van der Waals surface area contributed by atoms with Crippen molar-refractivity contribution in [2.45, 2.75) is 32.9 Å². The van der Waals surface area contributed by atoms with Crippen LogP contribution in [0.5, 0.6) is 0 Å². The van der Waals surface area contributed by atoms with E-state index in [-0.39, 0.29) is 17.9 Å². The van der Waals surface area contributed by atoms with E-state index in [2.05, 4.69) is 5.32 Å². The molecule has 1 N–H and O–H groups in total. The molecule has 0 aliphatic heterocycles. The van der Waals surface area contributed by atoms with Gasteiger partial charge in [-0.2, -0.15) is 0 Å². The fourth-order valence-electron chi connectivity index (χ4n) is 2.64. The maximum absolute atomic E-state index is 12.1.